The minimum Gasteiger partial charge on any atom is -0.374 e. The van der Waals surface area contributed by atoms with Gasteiger partial charge in [0.25, 0.3) is 0 Å². The maximum atomic E-state index is 15.2. The zero-order valence-electron chi connectivity index (χ0n) is 18.6. The summed E-state index contributed by atoms with van der Waals surface area (Å²) in [6, 6.07) is 0. The van der Waals surface area contributed by atoms with Gasteiger partial charge in [0.05, 0.1) is 5.60 Å². The highest BCUT2D eigenvalue weighted by Gasteiger charge is 2.67. The zero-order valence-corrected chi connectivity index (χ0v) is 18.6. The molecule has 0 amide bonds. The van der Waals surface area contributed by atoms with Crippen LogP contribution in [-0.2, 0) is 9.47 Å². The van der Waals surface area contributed by atoms with Crippen molar-refractivity contribution >= 4 is 0 Å². The van der Waals surface area contributed by atoms with E-state index in [1.54, 1.807) is 13.8 Å². The molecule has 29 heavy (non-hydrogen) atoms. The number of alkyl halides is 7. The topological polar surface area (TPSA) is 18.5 Å². The minimum absolute atomic E-state index is 0.124. The molecule has 9 heteroatoms. The smallest absolute Gasteiger partial charge is 0.374 e. The second-order valence-electron chi connectivity index (χ2n) is 8.88. The number of ether oxygens (including phenoxy) is 2. The van der Waals surface area contributed by atoms with Gasteiger partial charge in [0.1, 0.15) is 0 Å². The standard InChI is InChI=1S/C20H35F7O2/c1-9-14(4)12-28-16(7,10-2)15(5,6)13-18(21,20(25,26)27)29-17(8,11-3)19(22,23)24/h14H,9-13H2,1-8H3. The molecule has 0 N–H and O–H groups in total. The molecular formula is C20H35F7O2. The van der Waals surface area contributed by atoms with Crippen LogP contribution in [0.3, 0.4) is 0 Å². The van der Waals surface area contributed by atoms with Gasteiger partial charge in [-0.05, 0) is 38.0 Å². The highest BCUT2D eigenvalue weighted by Crippen LogP contribution is 2.52. The summed E-state index contributed by atoms with van der Waals surface area (Å²) in [6.07, 6.45) is -12.0. The van der Waals surface area contributed by atoms with Crippen molar-refractivity contribution in [3.05, 3.63) is 0 Å². The van der Waals surface area contributed by atoms with Crippen molar-refractivity contribution in [2.45, 2.75) is 110 Å². The second kappa shape index (κ2) is 9.28. The van der Waals surface area contributed by atoms with Crippen molar-refractivity contribution in [1.29, 1.82) is 0 Å². The normalized spacial score (nSPS) is 21.2. The maximum absolute atomic E-state index is 15.2. The fourth-order valence-corrected chi connectivity index (χ4v) is 2.86. The summed E-state index contributed by atoms with van der Waals surface area (Å²) in [5, 5.41) is 0. The van der Waals surface area contributed by atoms with Crippen LogP contribution in [0.5, 0.6) is 0 Å². The molecule has 0 heterocycles. The molecule has 0 radical (unpaired) electrons. The third kappa shape index (κ3) is 6.45. The molecule has 0 rings (SSSR count). The van der Waals surface area contributed by atoms with Crippen LogP contribution in [0.25, 0.3) is 0 Å². The first-order chi connectivity index (χ1) is 12.7. The Morgan fingerprint density at radius 1 is 0.724 bits per heavy atom. The van der Waals surface area contributed by atoms with Gasteiger partial charge in [-0.3, -0.25) is 0 Å². The van der Waals surface area contributed by atoms with E-state index in [9.17, 15) is 26.3 Å². The average Bonchev–Trinajstić information content (AvgIpc) is 2.56. The van der Waals surface area contributed by atoms with Crippen LogP contribution in [0.2, 0.25) is 0 Å². The highest BCUT2D eigenvalue weighted by atomic mass is 19.4. The van der Waals surface area contributed by atoms with E-state index in [-0.39, 0.29) is 18.9 Å². The van der Waals surface area contributed by atoms with Gasteiger partial charge in [0.15, 0.2) is 5.60 Å². The molecule has 0 aromatic heterocycles. The largest absolute Gasteiger partial charge is 0.448 e. The van der Waals surface area contributed by atoms with Crippen molar-refractivity contribution in [1.82, 2.24) is 0 Å². The fourth-order valence-electron chi connectivity index (χ4n) is 2.86. The van der Waals surface area contributed by atoms with E-state index in [1.807, 2.05) is 13.8 Å². The predicted octanol–water partition coefficient (Wildman–Crippen LogP) is 7.61. The molecule has 0 spiro atoms. The summed E-state index contributed by atoms with van der Waals surface area (Å²) in [5.41, 5.74) is -5.98. The van der Waals surface area contributed by atoms with E-state index in [4.69, 9.17) is 4.74 Å². The van der Waals surface area contributed by atoms with E-state index in [0.29, 0.717) is 6.92 Å². The SMILES string of the molecule is CCC(C)COC(C)(CC)C(C)(C)CC(F)(OC(C)(CC)C(F)(F)F)C(F)(F)F. The van der Waals surface area contributed by atoms with E-state index in [1.165, 1.54) is 13.8 Å². The molecule has 0 saturated heterocycles. The first-order valence-electron chi connectivity index (χ1n) is 9.90. The number of hydrogen-bond donors (Lipinski definition) is 0. The molecule has 0 aliphatic carbocycles. The molecule has 0 aliphatic heterocycles. The number of rotatable bonds is 11. The van der Waals surface area contributed by atoms with Crippen molar-refractivity contribution in [3.8, 4) is 0 Å². The highest BCUT2D eigenvalue weighted by molar-refractivity contribution is 4.98. The molecule has 0 aliphatic rings. The summed E-state index contributed by atoms with van der Waals surface area (Å²) in [5.74, 6) is -4.37. The fraction of sp³-hybridized carbons (Fsp3) is 1.00. The molecule has 0 aromatic rings. The Morgan fingerprint density at radius 3 is 1.48 bits per heavy atom. The first kappa shape index (κ1) is 28.4. The molecule has 4 unspecified atom stereocenters. The van der Waals surface area contributed by atoms with Crippen LogP contribution in [-0.4, -0.2) is 36.0 Å². The Hall–Kier alpha value is -0.570. The summed E-state index contributed by atoms with van der Waals surface area (Å²) in [7, 11) is 0. The van der Waals surface area contributed by atoms with E-state index in [0.717, 1.165) is 13.3 Å². The third-order valence-electron chi connectivity index (χ3n) is 6.24. The molecule has 2 nitrogen and oxygen atoms in total. The lowest BCUT2D eigenvalue weighted by Gasteiger charge is -2.48. The summed E-state index contributed by atoms with van der Waals surface area (Å²) in [4.78, 5) is 0. The lowest BCUT2D eigenvalue weighted by molar-refractivity contribution is -0.408. The van der Waals surface area contributed by atoms with Gasteiger partial charge in [-0.1, -0.05) is 48.0 Å². The van der Waals surface area contributed by atoms with Crippen molar-refractivity contribution in [3.63, 3.8) is 0 Å². The van der Waals surface area contributed by atoms with Crippen LogP contribution >= 0.6 is 0 Å². The van der Waals surface area contributed by atoms with Crippen LogP contribution in [0, 0.1) is 11.3 Å². The van der Waals surface area contributed by atoms with Crippen LogP contribution < -0.4 is 0 Å². The van der Waals surface area contributed by atoms with Crippen molar-refractivity contribution in [2.24, 2.45) is 11.3 Å². The first-order valence-corrected chi connectivity index (χ1v) is 9.90. The van der Waals surface area contributed by atoms with Crippen molar-refractivity contribution < 1.29 is 40.2 Å². The van der Waals surface area contributed by atoms with E-state index in [2.05, 4.69) is 4.74 Å². The van der Waals surface area contributed by atoms with Gasteiger partial charge >= 0.3 is 18.2 Å². The molecule has 176 valence electrons. The maximum Gasteiger partial charge on any atom is 0.448 e. The number of hydrogen-bond acceptors (Lipinski definition) is 2. The number of halogens is 7. The Kier molecular flexibility index (Phi) is 9.10. The van der Waals surface area contributed by atoms with Crippen LogP contribution in [0.15, 0.2) is 0 Å². The predicted molar refractivity (Wildman–Crippen MR) is 98.2 cm³/mol. The second-order valence-corrected chi connectivity index (χ2v) is 8.88. The zero-order chi connectivity index (χ0) is 23.5. The van der Waals surface area contributed by atoms with Gasteiger partial charge in [0.2, 0.25) is 0 Å². The Bertz CT molecular complexity index is 518. The molecule has 4 atom stereocenters. The molecule has 0 fully saturated rings. The minimum atomic E-state index is -5.66. The Morgan fingerprint density at radius 2 is 1.17 bits per heavy atom. The van der Waals surface area contributed by atoms with Gasteiger partial charge in [-0.25, -0.2) is 4.39 Å². The Labute approximate surface area is 169 Å². The molecular weight excluding hydrogens is 405 g/mol. The summed E-state index contributed by atoms with van der Waals surface area (Å²) < 4.78 is 106. The van der Waals surface area contributed by atoms with Gasteiger partial charge in [-0.15, -0.1) is 0 Å². The average molecular weight is 440 g/mol. The lowest BCUT2D eigenvalue weighted by Crippen LogP contribution is -2.59. The van der Waals surface area contributed by atoms with Gasteiger partial charge in [-0.2, -0.15) is 26.3 Å². The van der Waals surface area contributed by atoms with Crippen molar-refractivity contribution in [2.75, 3.05) is 6.61 Å². The summed E-state index contributed by atoms with van der Waals surface area (Å²) in [6.45, 7) is 11.4. The lowest BCUT2D eigenvalue weighted by atomic mass is 9.70. The van der Waals surface area contributed by atoms with Crippen LogP contribution in [0.1, 0.15) is 81.1 Å². The third-order valence-corrected chi connectivity index (χ3v) is 6.24. The monoisotopic (exact) mass is 440 g/mol. The summed E-state index contributed by atoms with van der Waals surface area (Å²) >= 11 is 0. The van der Waals surface area contributed by atoms with E-state index < -0.39 is 47.7 Å². The molecule has 0 bridgehead atoms. The van der Waals surface area contributed by atoms with Gasteiger partial charge < -0.3 is 9.47 Å². The quantitative estimate of drug-likeness (QED) is 0.308. The Balaban J connectivity index is 6.03. The van der Waals surface area contributed by atoms with E-state index >= 15 is 4.39 Å². The van der Waals surface area contributed by atoms with Gasteiger partial charge in [0, 0.05) is 13.0 Å². The molecule has 0 aromatic carbocycles. The van der Waals surface area contributed by atoms with Crippen LogP contribution in [0.4, 0.5) is 30.7 Å². The molecule has 0 saturated carbocycles.